The highest BCUT2D eigenvalue weighted by Crippen LogP contribution is 2.58. The summed E-state index contributed by atoms with van der Waals surface area (Å²) in [5.41, 5.74) is 45.5. The van der Waals surface area contributed by atoms with E-state index in [4.69, 9.17) is 18.9 Å². The number of rotatable bonds is 12. The molecule has 0 saturated heterocycles. The van der Waals surface area contributed by atoms with E-state index in [1.165, 1.54) is 145 Å². The smallest absolute Gasteiger partial charge is 0.151 e. The van der Waals surface area contributed by atoms with Crippen molar-refractivity contribution in [1.82, 2.24) is 0 Å². The topological polar surface area (TPSA) is 49.9 Å². The first-order valence-corrected chi connectivity index (χ1v) is 49.8. The van der Waals surface area contributed by atoms with Crippen molar-refractivity contribution in [2.45, 2.75) is 108 Å². The van der Waals surface area contributed by atoms with E-state index in [1.54, 1.807) is 0 Å². The lowest BCUT2D eigenvalue weighted by atomic mass is 9.84. The molecule has 0 aromatic heterocycles. The summed E-state index contributed by atoms with van der Waals surface area (Å²) in [4.78, 5) is 9.23. The third kappa shape index (κ3) is 19.1. The SMILES string of the molecule is CC(C)(C)c1ccc(-c2ccc(N3c4ccccc4Oc4ccccc43)cc2-c2ccc(C(C)(C)C)cc2)cc1.Cc1cc(C)cc(-c2ccc(N3c4ccccc4Oc4ccccc43)cc2-c2cc(C)cc(C)c2)c1.Cc1cccc(-c2ccc(N3c4ccccc4Oc4ccccc43)cc2-c2cccc(C)c2)c1.Cc1ccccc1-c1ccc(N2c3ccccc3Oc3ccccc32)cc1-c1ccccc1C. The van der Waals surface area contributed by atoms with E-state index in [2.05, 4.69) is 468 Å². The van der Waals surface area contributed by atoms with E-state index >= 15 is 0 Å². The van der Waals surface area contributed by atoms with Crippen LogP contribution in [0.25, 0.3) is 89.0 Å². The van der Waals surface area contributed by atoms with Crippen LogP contribution in [0.5, 0.6) is 46.0 Å². The predicted molar refractivity (Wildman–Crippen MR) is 604 cm³/mol. The van der Waals surface area contributed by atoms with Crippen molar-refractivity contribution in [3.05, 3.63) is 505 Å². The Morgan fingerprint density at radius 1 is 0.153 bits per heavy atom. The molecule has 0 radical (unpaired) electrons. The summed E-state index contributed by atoms with van der Waals surface area (Å²) >= 11 is 0. The van der Waals surface area contributed by atoms with Gasteiger partial charge in [-0.05, 0) is 323 Å². The maximum atomic E-state index is 6.28. The molecule has 0 unspecified atom stereocenters. The van der Waals surface area contributed by atoms with Crippen molar-refractivity contribution < 1.29 is 18.9 Å². The largest absolute Gasteiger partial charge is 0.453 e. The first-order valence-electron chi connectivity index (χ1n) is 49.8. The molecule has 0 spiro atoms. The number of hydrogen-bond acceptors (Lipinski definition) is 8. The van der Waals surface area contributed by atoms with Crippen molar-refractivity contribution in [1.29, 1.82) is 0 Å². The van der Waals surface area contributed by atoms with E-state index in [0.717, 1.165) is 114 Å². The third-order valence-electron chi connectivity index (χ3n) is 27.5. The van der Waals surface area contributed by atoms with Gasteiger partial charge >= 0.3 is 0 Å². The molecule has 8 nitrogen and oxygen atoms in total. The summed E-state index contributed by atoms with van der Waals surface area (Å²) < 4.78 is 25.0. The Labute approximate surface area is 848 Å². The van der Waals surface area contributed by atoms with E-state index in [-0.39, 0.29) is 10.8 Å². The van der Waals surface area contributed by atoms with Crippen LogP contribution < -0.4 is 38.5 Å². The normalized spacial score (nSPS) is 12.3. The number of nitrogens with zero attached hydrogens (tertiary/aromatic N) is 4. The van der Waals surface area contributed by atoms with Crippen molar-refractivity contribution in [2.24, 2.45) is 0 Å². The molecule has 0 aliphatic carbocycles. The average molecular weight is 1870 g/mol. The van der Waals surface area contributed by atoms with Gasteiger partial charge in [0.2, 0.25) is 0 Å². The molecular weight excluding hydrogens is 1750 g/mol. The molecule has 0 bridgehead atoms. The lowest BCUT2D eigenvalue weighted by Crippen LogP contribution is -2.15. The first-order chi connectivity index (χ1) is 69.9. The van der Waals surface area contributed by atoms with Crippen LogP contribution in [0.2, 0.25) is 0 Å². The Balaban J connectivity index is 0.000000113. The van der Waals surface area contributed by atoms with Gasteiger partial charge in [0.1, 0.15) is 0 Å². The molecule has 4 aliphatic heterocycles. The Bertz CT molecular complexity index is 8010. The van der Waals surface area contributed by atoms with Gasteiger partial charge in [-0.2, -0.15) is 0 Å². The van der Waals surface area contributed by atoms with Crippen LogP contribution in [-0.2, 0) is 10.8 Å². The van der Waals surface area contributed by atoms with Gasteiger partial charge in [0.25, 0.3) is 0 Å². The molecule has 144 heavy (non-hydrogen) atoms. The Morgan fingerprint density at radius 3 is 0.688 bits per heavy atom. The number of aryl methyl sites for hydroxylation is 8. The zero-order valence-electron chi connectivity index (χ0n) is 84.1. The number of benzene rings is 20. The number of hydrogen-bond donors (Lipinski definition) is 0. The van der Waals surface area contributed by atoms with Crippen LogP contribution in [-0.4, -0.2) is 0 Å². The first kappa shape index (κ1) is 93.1. The monoisotopic (exact) mass is 1870 g/mol. The average Bonchev–Trinajstić information content (AvgIpc) is 0.757. The van der Waals surface area contributed by atoms with Gasteiger partial charge in [-0.15, -0.1) is 0 Å². The second-order valence-corrected chi connectivity index (χ2v) is 40.2. The van der Waals surface area contributed by atoms with Gasteiger partial charge in [0, 0.05) is 22.7 Å². The van der Waals surface area contributed by atoms with Gasteiger partial charge < -0.3 is 38.5 Å². The van der Waals surface area contributed by atoms with E-state index in [1.807, 2.05) is 97.1 Å². The number of anilines is 12. The van der Waals surface area contributed by atoms with Crippen molar-refractivity contribution in [2.75, 3.05) is 19.6 Å². The highest BCUT2D eigenvalue weighted by Gasteiger charge is 2.33. The molecule has 704 valence electrons. The standard InChI is InChI=1S/C38H37NO.C34H29NO.2C32H25NO/c1-37(2,3)28-19-15-26(16-20-28)31-24-23-30(25-32(31)27-17-21-29(22-18-27)38(4,5)6)39-33-11-7-9-13-35(33)40-36-14-10-8-12-34(36)39;1-22-15-23(2)18-26(17-22)29-14-13-28(21-30(29)27-19-24(3)16-25(4)20-27)35-31-9-5-7-11-33(31)36-34-12-8-6-10-32(34)35;1-22-9-7-11-24(19-22)27-18-17-26(21-28(27)25-12-8-10-23(2)20-25)33-29-13-3-5-15-31(29)34-32-16-6-4-14-30(32)33;1-22-11-3-5-13-25(22)27-20-19-24(21-28(27)26-14-6-4-12-23(26)2)33-29-15-7-9-17-31(29)34-32-18-10-8-16-30(32)33/h7-25H,1-6H3;5-21H,1-4H3;2*3-21H,1-2H3. The number of ether oxygens (including phenoxy) is 4. The Hall–Kier alpha value is -17.2. The molecular formula is C136H116N4O4. The molecule has 0 N–H and O–H groups in total. The fraction of sp³-hybridized carbons (Fsp3) is 0.118. The van der Waals surface area contributed by atoms with Gasteiger partial charge in [-0.3, -0.25) is 0 Å². The minimum Gasteiger partial charge on any atom is -0.453 e. The summed E-state index contributed by atoms with van der Waals surface area (Å²) in [6.07, 6.45) is 0. The number of para-hydroxylation sites is 16. The summed E-state index contributed by atoms with van der Waals surface area (Å²) in [6.45, 7) is 30.9. The quantitative estimate of drug-likeness (QED) is 0.120. The fourth-order valence-corrected chi connectivity index (χ4v) is 20.5. The minimum absolute atomic E-state index is 0.104. The van der Waals surface area contributed by atoms with Crippen LogP contribution in [0.1, 0.15) is 97.2 Å². The number of fused-ring (bicyclic) bond motifs is 8. The Morgan fingerprint density at radius 2 is 0.382 bits per heavy atom. The zero-order valence-corrected chi connectivity index (χ0v) is 84.1. The lowest BCUT2D eigenvalue weighted by molar-refractivity contribution is 0.477. The van der Waals surface area contributed by atoms with Crippen molar-refractivity contribution in [3.8, 4) is 135 Å². The minimum atomic E-state index is 0.104. The van der Waals surface area contributed by atoms with Crippen LogP contribution in [0.15, 0.2) is 449 Å². The predicted octanol–water partition coefficient (Wildman–Crippen LogP) is 39.4. The maximum absolute atomic E-state index is 6.28. The van der Waals surface area contributed by atoms with Crippen LogP contribution in [0.3, 0.4) is 0 Å². The highest BCUT2D eigenvalue weighted by molar-refractivity contribution is 5.98. The van der Waals surface area contributed by atoms with Crippen molar-refractivity contribution >= 4 is 68.2 Å². The van der Waals surface area contributed by atoms with Crippen molar-refractivity contribution in [3.63, 3.8) is 0 Å². The van der Waals surface area contributed by atoms with Gasteiger partial charge in [0.05, 0.1) is 45.5 Å². The molecule has 20 aromatic carbocycles. The van der Waals surface area contributed by atoms with Gasteiger partial charge in [-0.1, -0.05) is 378 Å². The molecule has 0 atom stereocenters. The van der Waals surface area contributed by atoms with E-state index in [9.17, 15) is 0 Å². The van der Waals surface area contributed by atoms with Crippen LogP contribution >= 0.6 is 0 Å². The van der Waals surface area contributed by atoms with E-state index < -0.39 is 0 Å². The summed E-state index contributed by atoms with van der Waals surface area (Å²) in [5.74, 6) is 6.90. The molecule has 8 heteroatoms. The molecule has 20 aromatic rings. The van der Waals surface area contributed by atoms with Gasteiger partial charge in [-0.25, -0.2) is 0 Å². The van der Waals surface area contributed by atoms with Gasteiger partial charge in [0.15, 0.2) is 46.0 Å². The van der Waals surface area contributed by atoms with Crippen LogP contribution in [0, 0.1) is 55.4 Å². The molecule has 0 amide bonds. The second-order valence-electron chi connectivity index (χ2n) is 40.2. The van der Waals surface area contributed by atoms with E-state index in [0.29, 0.717) is 0 Å². The molecule has 0 saturated carbocycles. The van der Waals surface area contributed by atoms with Crippen LogP contribution in [0.4, 0.5) is 68.2 Å². The molecule has 4 aliphatic rings. The summed E-state index contributed by atoms with van der Waals surface area (Å²) in [6, 6.07) is 160. The molecule has 24 rings (SSSR count). The molecule has 0 fully saturated rings. The maximum Gasteiger partial charge on any atom is 0.151 e. The highest BCUT2D eigenvalue weighted by atomic mass is 16.5. The second kappa shape index (κ2) is 39.5. The third-order valence-corrected chi connectivity index (χ3v) is 27.5. The summed E-state index contributed by atoms with van der Waals surface area (Å²) in [5, 5.41) is 0. The zero-order chi connectivity index (χ0) is 99.0. The fourth-order valence-electron chi connectivity index (χ4n) is 20.5. The lowest BCUT2D eigenvalue weighted by Gasteiger charge is -2.33. The molecule has 4 heterocycles. The summed E-state index contributed by atoms with van der Waals surface area (Å²) in [7, 11) is 0. The Kier molecular flexibility index (Phi) is 25.5.